The molecular formula is C13H21N3O3S. The van der Waals surface area contributed by atoms with Crippen molar-refractivity contribution < 1.29 is 14.3 Å². The Morgan fingerprint density at radius 2 is 1.90 bits per heavy atom. The van der Waals surface area contributed by atoms with Crippen molar-refractivity contribution in [2.24, 2.45) is 0 Å². The first-order chi connectivity index (χ1) is 9.56. The van der Waals surface area contributed by atoms with Crippen LogP contribution in [0.25, 0.3) is 0 Å². The van der Waals surface area contributed by atoms with E-state index in [1.807, 2.05) is 13.8 Å². The average Bonchev–Trinajstić information content (AvgIpc) is 2.78. The lowest BCUT2D eigenvalue weighted by atomic mass is 10.2. The molecule has 6 nitrogen and oxygen atoms in total. The number of ether oxygens (including phenoxy) is 1. The predicted molar refractivity (Wildman–Crippen MR) is 81.5 cm³/mol. The number of esters is 1. The number of nitrogen functional groups attached to an aromatic ring is 1. The van der Waals surface area contributed by atoms with Gasteiger partial charge in [0.25, 0.3) is 5.91 Å². The number of nitrogens with one attached hydrogen (secondary N) is 2. The van der Waals surface area contributed by atoms with Crippen LogP contribution in [0.1, 0.15) is 46.7 Å². The van der Waals surface area contributed by atoms with Crippen LogP contribution in [0.15, 0.2) is 0 Å². The molecule has 0 spiro atoms. The summed E-state index contributed by atoms with van der Waals surface area (Å²) in [6, 6.07) is 0. The summed E-state index contributed by atoms with van der Waals surface area (Å²) >= 11 is 1.18. The minimum absolute atomic E-state index is 0.175. The van der Waals surface area contributed by atoms with E-state index >= 15 is 0 Å². The fourth-order valence-corrected chi connectivity index (χ4v) is 2.65. The zero-order valence-electron chi connectivity index (χ0n) is 12.0. The number of hydrogen-bond acceptors (Lipinski definition) is 6. The van der Waals surface area contributed by atoms with E-state index in [1.54, 1.807) is 0 Å². The summed E-state index contributed by atoms with van der Waals surface area (Å²) in [6.45, 7) is 5.24. The molecule has 0 aliphatic carbocycles. The zero-order chi connectivity index (χ0) is 15.1. The number of nitrogens with two attached hydrogens (primary N) is 1. The Balaban J connectivity index is 3.10. The quantitative estimate of drug-likeness (QED) is 0.670. The SMILES string of the molecule is CCCNC(=O)c1sc(NCCC)c(C(=O)OC)c1N. The van der Waals surface area contributed by atoms with Gasteiger partial charge in [-0.15, -0.1) is 11.3 Å². The van der Waals surface area contributed by atoms with E-state index in [-0.39, 0.29) is 17.2 Å². The van der Waals surface area contributed by atoms with Crippen molar-refractivity contribution in [2.75, 3.05) is 31.2 Å². The van der Waals surface area contributed by atoms with Gasteiger partial charge in [-0.05, 0) is 12.8 Å². The summed E-state index contributed by atoms with van der Waals surface area (Å²) < 4.78 is 4.73. The highest BCUT2D eigenvalue weighted by atomic mass is 32.1. The molecule has 1 amide bonds. The van der Waals surface area contributed by atoms with Crippen molar-refractivity contribution in [1.82, 2.24) is 5.32 Å². The zero-order valence-corrected chi connectivity index (χ0v) is 12.9. The molecule has 0 saturated heterocycles. The van der Waals surface area contributed by atoms with Crippen LogP contribution < -0.4 is 16.4 Å². The molecule has 0 aliphatic heterocycles. The molecule has 1 rings (SSSR count). The number of rotatable bonds is 7. The molecule has 0 fully saturated rings. The highest BCUT2D eigenvalue weighted by molar-refractivity contribution is 7.19. The summed E-state index contributed by atoms with van der Waals surface area (Å²) in [5.41, 5.74) is 6.35. The number of anilines is 2. The van der Waals surface area contributed by atoms with Crippen LogP contribution in [0.3, 0.4) is 0 Å². The molecular weight excluding hydrogens is 278 g/mol. The lowest BCUT2D eigenvalue weighted by Gasteiger charge is -2.05. The van der Waals surface area contributed by atoms with Gasteiger partial charge in [-0.1, -0.05) is 13.8 Å². The average molecular weight is 299 g/mol. The summed E-state index contributed by atoms with van der Waals surface area (Å²) in [4.78, 5) is 24.2. The van der Waals surface area contributed by atoms with Gasteiger partial charge in [-0.25, -0.2) is 4.79 Å². The number of hydrogen-bond donors (Lipinski definition) is 3. The van der Waals surface area contributed by atoms with Crippen LogP contribution in [-0.2, 0) is 4.74 Å². The second-order valence-electron chi connectivity index (χ2n) is 4.22. The largest absolute Gasteiger partial charge is 0.465 e. The highest BCUT2D eigenvalue weighted by Crippen LogP contribution is 2.36. The fourth-order valence-electron chi connectivity index (χ4n) is 1.60. The maximum Gasteiger partial charge on any atom is 0.343 e. The van der Waals surface area contributed by atoms with E-state index in [2.05, 4.69) is 10.6 Å². The summed E-state index contributed by atoms with van der Waals surface area (Å²) in [7, 11) is 1.29. The van der Waals surface area contributed by atoms with Crippen LogP contribution in [0, 0.1) is 0 Å². The first-order valence-corrected chi connectivity index (χ1v) is 7.41. The third-order valence-electron chi connectivity index (χ3n) is 2.61. The number of carbonyl (C=O) groups is 2. The Morgan fingerprint density at radius 3 is 2.45 bits per heavy atom. The van der Waals surface area contributed by atoms with Crippen LogP contribution in [0.4, 0.5) is 10.7 Å². The molecule has 1 aromatic rings. The molecule has 4 N–H and O–H groups in total. The molecule has 0 aromatic carbocycles. The molecule has 20 heavy (non-hydrogen) atoms. The van der Waals surface area contributed by atoms with Gasteiger partial charge in [0, 0.05) is 13.1 Å². The minimum atomic E-state index is -0.535. The monoisotopic (exact) mass is 299 g/mol. The second kappa shape index (κ2) is 7.74. The molecule has 0 radical (unpaired) electrons. The summed E-state index contributed by atoms with van der Waals surface area (Å²) in [5.74, 6) is -0.795. The van der Waals surface area contributed by atoms with Gasteiger partial charge in [0.1, 0.15) is 15.4 Å². The third-order valence-corrected chi connectivity index (χ3v) is 3.77. The highest BCUT2D eigenvalue weighted by Gasteiger charge is 2.25. The van der Waals surface area contributed by atoms with E-state index in [0.717, 1.165) is 12.8 Å². The van der Waals surface area contributed by atoms with E-state index < -0.39 is 5.97 Å². The van der Waals surface area contributed by atoms with Gasteiger partial charge in [-0.3, -0.25) is 4.79 Å². The third kappa shape index (κ3) is 3.63. The first-order valence-electron chi connectivity index (χ1n) is 6.59. The molecule has 112 valence electrons. The molecule has 0 saturated carbocycles. The van der Waals surface area contributed by atoms with Crippen LogP contribution in [0.5, 0.6) is 0 Å². The molecule has 0 bridgehead atoms. The van der Waals surface area contributed by atoms with Gasteiger partial charge < -0.3 is 21.1 Å². The Bertz CT molecular complexity index is 485. The lowest BCUT2D eigenvalue weighted by molar-refractivity contribution is 0.0603. The van der Waals surface area contributed by atoms with Crippen molar-refractivity contribution in [3.63, 3.8) is 0 Å². The topological polar surface area (TPSA) is 93.5 Å². The van der Waals surface area contributed by atoms with Crippen LogP contribution in [0.2, 0.25) is 0 Å². The molecule has 0 aliphatic rings. The second-order valence-corrected chi connectivity index (χ2v) is 5.24. The number of methoxy groups -OCH3 is 1. The van der Waals surface area contributed by atoms with E-state index in [9.17, 15) is 9.59 Å². The van der Waals surface area contributed by atoms with E-state index in [1.165, 1.54) is 18.4 Å². The predicted octanol–water partition coefficient (Wildman–Crippen LogP) is 2.08. The Morgan fingerprint density at radius 1 is 1.25 bits per heavy atom. The van der Waals surface area contributed by atoms with Gasteiger partial charge in [0.05, 0.1) is 12.8 Å². The van der Waals surface area contributed by atoms with Gasteiger partial charge in [0.15, 0.2) is 0 Å². The van der Waals surface area contributed by atoms with Crippen molar-refractivity contribution in [2.45, 2.75) is 26.7 Å². The summed E-state index contributed by atoms with van der Waals surface area (Å²) in [5, 5.41) is 6.44. The molecule has 0 unspecified atom stereocenters. The Hall–Kier alpha value is -1.76. The van der Waals surface area contributed by atoms with Crippen LogP contribution in [-0.4, -0.2) is 32.1 Å². The van der Waals surface area contributed by atoms with Gasteiger partial charge >= 0.3 is 5.97 Å². The molecule has 7 heteroatoms. The van der Waals surface area contributed by atoms with E-state index in [0.29, 0.717) is 23.0 Å². The first kappa shape index (κ1) is 16.3. The molecule has 1 aromatic heterocycles. The summed E-state index contributed by atoms with van der Waals surface area (Å²) in [6.07, 6.45) is 1.73. The number of thiophene rings is 1. The van der Waals surface area contributed by atoms with Crippen molar-refractivity contribution in [3.8, 4) is 0 Å². The van der Waals surface area contributed by atoms with Gasteiger partial charge in [0.2, 0.25) is 0 Å². The van der Waals surface area contributed by atoms with E-state index in [4.69, 9.17) is 10.5 Å². The molecule has 0 atom stereocenters. The maximum absolute atomic E-state index is 12.0. The smallest absolute Gasteiger partial charge is 0.343 e. The van der Waals surface area contributed by atoms with Gasteiger partial charge in [-0.2, -0.15) is 0 Å². The standard InChI is InChI=1S/C13H21N3O3S/c1-4-6-15-11(17)10-9(14)8(13(18)19-3)12(20-10)16-7-5-2/h16H,4-7,14H2,1-3H3,(H,15,17). The maximum atomic E-state index is 12.0. The normalized spacial score (nSPS) is 10.2. The number of carbonyl (C=O) groups excluding carboxylic acids is 2. The Labute approximate surface area is 122 Å². The Kier molecular flexibility index (Phi) is 6.30. The number of amides is 1. The van der Waals surface area contributed by atoms with Crippen molar-refractivity contribution in [1.29, 1.82) is 0 Å². The fraction of sp³-hybridized carbons (Fsp3) is 0.538. The minimum Gasteiger partial charge on any atom is -0.465 e. The lowest BCUT2D eigenvalue weighted by Crippen LogP contribution is -2.24. The van der Waals surface area contributed by atoms with Crippen molar-refractivity contribution >= 4 is 33.9 Å². The van der Waals surface area contributed by atoms with Crippen molar-refractivity contribution in [3.05, 3.63) is 10.4 Å². The molecule has 1 heterocycles. The van der Waals surface area contributed by atoms with Crippen LogP contribution >= 0.6 is 11.3 Å².